The molecule has 1 aromatic heterocycles. The molecule has 6 heteroatoms. The number of piperazine rings is 1. The smallest absolute Gasteiger partial charge is 0.144 e. The van der Waals surface area contributed by atoms with Gasteiger partial charge in [0.2, 0.25) is 0 Å². The number of methoxy groups -OCH3 is 1. The van der Waals surface area contributed by atoms with Crippen LogP contribution in [0.4, 0.5) is 11.5 Å². The molecule has 1 N–H and O–H groups in total. The minimum atomic E-state index is 0.882. The lowest BCUT2D eigenvalue weighted by Crippen LogP contribution is -2.47. The van der Waals surface area contributed by atoms with Gasteiger partial charge >= 0.3 is 0 Å². The van der Waals surface area contributed by atoms with Crippen molar-refractivity contribution in [3.63, 3.8) is 0 Å². The molecule has 0 unspecified atom stereocenters. The number of pyridine rings is 1. The van der Waals surface area contributed by atoms with Crippen LogP contribution >= 0.6 is 0 Å². The van der Waals surface area contributed by atoms with Gasteiger partial charge in [-0.25, -0.2) is 4.98 Å². The molecule has 0 spiro atoms. The summed E-state index contributed by atoms with van der Waals surface area (Å²) in [6.45, 7) is 8.20. The van der Waals surface area contributed by atoms with Gasteiger partial charge in [0.25, 0.3) is 0 Å². The number of ether oxygens (including phenoxy) is 1. The minimum absolute atomic E-state index is 0.882. The van der Waals surface area contributed by atoms with Crippen LogP contribution in [0.5, 0.6) is 5.75 Å². The molecule has 6 nitrogen and oxygen atoms in total. The molecule has 3 heterocycles. The molecule has 1 fully saturated rings. The molecule has 0 atom stereocenters. The third kappa shape index (κ3) is 3.85. The van der Waals surface area contributed by atoms with Gasteiger partial charge in [0, 0.05) is 44.6 Å². The second kappa shape index (κ2) is 7.88. The second-order valence-corrected chi connectivity index (χ2v) is 7.05. The Morgan fingerprint density at radius 3 is 2.56 bits per heavy atom. The summed E-state index contributed by atoms with van der Waals surface area (Å²) in [6, 6.07) is 14.3. The molecule has 0 saturated carbocycles. The number of hydrazine groups is 1. The van der Waals surface area contributed by atoms with Crippen LogP contribution in [0.1, 0.15) is 6.92 Å². The summed E-state index contributed by atoms with van der Waals surface area (Å²) >= 11 is 0. The van der Waals surface area contributed by atoms with Crippen LogP contribution in [0.25, 0.3) is 0 Å². The van der Waals surface area contributed by atoms with E-state index in [0.717, 1.165) is 56.5 Å². The SMILES string of the molecule is COc1ccccc1N1CC(CN2CCN(c3ccccn3)CC2)=C(C)N1. The Kier molecular flexibility index (Phi) is 5.16. The van der Waals surface area contributed by atoms with Crippen LogP contribution in [0.2, 0.25) is 0 Å². The zero-order valence-electron chi connectivity index (χ0n) is 16.1. The van der Waals surface area contributed by atoms with Gasteiger partial charge in [-0.15, -0.1) is 0 Å². The average Bonchev–Trinajstić information content (AvgIpc) is 3.09. The summed E-state index contributed by atoms with van der Waals surface area (Å²) in [4.78, 5) is 9.37. The predicted octanol–water partition coefficient (Wildman–Crippen LogP) is 2.51. The summed E-state index contributed by atoms with van der Waals surface area (Å²) < 4.78 is 5.51. The van der Waals surface area contributed by atoms with E-state index in [1.165, 1.54) is 11.3 Å². The lowest BCUT2D eigenvalue weighted by atomic mass is 10.2. The van der Waals surface area contributed by atoms with E-state index in [9.17, 15) is 0 Å². The van der Waals surface area contributed by atoms with Crippen LogP contribution in [0, 0.1) is 0 Å². The Morgan fingerprint density at radius 1 is 1.04 bits per heavy atom. The summed E-state index contributed by atoms with van der Waals surface area (Å²) in [6.07, 6.45) is 1.87. The number of benzene rings is 1. The number of nitrogens with zero attached hydrogens (tertiary/aromatic N) is 4. The quantitative estimate of drug-likeness (QED) is 0.878. The third-order valence-corrected chi connectivity index (χ3v) is 5.32. The van der Waals surface area contributed by atoms with E-state index in [1.54, 1.807) is 7.11 Å². The highest BCUT2D eigenvalue weighted by Crippen LogP contribution is 2.30. The molecule has 4 rings (SSSR count). The van der Waals surface area contributed by atoms with Gasteiger partial charge in [-0.2, -0.15) is 0 Å². The van der Waals surface area contributed by atoms with Crippen LogP contribution < -0.4 is 20.1 Å². The maximum absolute atomic E-state index is 5.51. The van der Waals surface area contributed by atoms with E-state index in [-0.39, 0.29) is 0 Å². The molecule has 1 saturated heterocycles. The first kappa shape index (κ1) is 17.7. The number of rotatable bonds is 5. The molecule has 0 radical (unpaired) electrons. The molecule has 2 aliphatic rings. The number of hydrogen-bond donors (Lipinski definition) is 1. The van der Waals surface area contributed by atoms with E-state index < -0.39 is 0 Å². The first-order valence-electron chi connectivity index (χ1n) is 9.49. The van der Waals surface area contributed by atoms with Gasteiger partial charge in [0.15, 0.2) is 0 Å². The highest BCUT2D eigenvalue weighted by molar-refractivity contribution is 5.60. The van der Waals surface area contributed by atoms with Gasteiger partial charge in [-0.05, 0) is 36.8 Å². The zero-order chi connectivity index (χ0) is 18.6. The zero-order valence-corrected chi connectivity index (χ0v) is 16.1. The van der Waals surface area contributed by atoms with Gasteiger partial charge in [0.1, 0.15) is 11.6 Å². The Morgan fingerprint density at radius 2 is 1.81 bits per heavy atom. The van der Waals surface area contributed by atoms with E-state index in [4.69, 9.17) is 4.74 Å². The first-order chi connectivity index (χ1) is 13.2. The normalized spacial score (nSPS) is 18.0. The van der Waals surface area contributed by atoms with Crippen molar-refractivity contribution < 1.29 is 4.74 Å². The van der Waals surface area contributed by atoms with E-state index in [2.05, 4.69) is 50.3 Å². The lowest BCUT2D eigenvalue weighted by molar-refractivity contribution is 0.277. The molecular weight excluding hydrogens is 338 g/mol. The Balaban J connectivity index is 1.35. The third-order valence-electron chi connectivity index (χ3n) is 5.32. The second-order valence-electron chi connectivity index (χ2n) is 7.05. The van der Waals surface area contributed by atoms with Crippen molar-refractivity contribution in [2.75, 3.05) is 56.3 Å². The minimum Gasteiger partial charge on any atom is -0.495 e. The maximum Gasteiger partial charge on any atom is 0.144 e. The lowest BCUT2D eigenvalue weighted by Gasteiger charge is -2.35. The van der Waals surface area contributed by atoms with Crippen molar-refractivity contribution >= 4 is 11.5 Å². The molecule has 2 aromatic rings. The summed E-state index contributed by atoms with van der Waals surface area (Å²) in [7, 11) is 1.72. The maximum atomic E-state index is 5.51. The largest absolute Gasteiger partial charge is 0.495 e. The van der Waals surface area contributed by atoms with Gasteiger partial charge in [-0.1, -0.05) is 18.2 Å². The molecule has 142 valence electrons. The monoisotopic (exact) mass is 365 g/mol. The van der Waals surface area contributed by atoms with Crippen molar-refractivity contribution in [2.24, 2.45) is 0 Å². The number of anilines is 2. The van der Waals surface area contributed by atoms with Crippen molar-refractivity contribution in [2.45, 2.75) is 6.92 Å². The number of hydrogen-bond acceptors (Lipinski definition) is 6. The van der Waals surface area contributed by atoms with E-state index >= 15 is 0 Å². The van der Waals surface area contributed by atoms with Gasteiger partial charge in [0.05, 0.1) is 19.3 Å². The Bertz CT molecular complexity index is 799. The van der Waals surface area contributed by atoms with Crippen LogP contribution in [-0.2, 0) is 0 Å². The molecule has 0 bridgehead atoms. The average molecular weight is 365 g/mol. The van der Waals surface area contributed by atoms with Gasteiger partial charge < -0.3 is 15.1 Å². The van der Waals surface area contributed by atoms with Crippen LogP contribution in [0.3, 0.4) is 0 Å². The number of nitrogens with one attached hydrogen (secondary N) is 1. The first-order valence-corrected chi connectivity index (χ1v) is 9.49. The Labute approximate surface area is 161 Å². The van der Waals surface area contributed by atoms with E-state index in [1.807, 2.05) is 30.5 Å². The van der Waals surface area contributed by atoms with Gasteiger partial charge in [-0.3, -0.25) is 9.91 Å². The molecule has 2 aliphatic heterocycles. The molecule has 0 aliphatic carbocycles. The Hall–Kier alpha value is -2.73. The van der Waals surface area contributed by atoms with Crippen molar-refractivity contribution in [3.05, 3.63) is 59.9 Å². The highest BCUT2D eigenvalue weighted by Gasteiger charge is 2.25. The number of allylic oxidation sites excluding steroid dienone is 1. The van der Waals surface area contributed by atoms with E-state index in [0.29, 0.717) is 0 Å². The number of para-hydroxylation sites is 2. The molecular formula is C21H27N5O. The molecule has 27 heavy (non-hydrogen) atoms. The van der Waals surface area contributed by atoms with Crippen molar-refractivity contribution in [3.8, 4) is 5.75 Å². The highest BCUT2D eigenvalue weighted by atomic mass is 16.5. The fourth-order valence-corrected chi connectivity index (χ4v) is 3.74. The van der Waals surface area contributed by atoms with Crippen LogP contribution in [-0.4, -0.2) is 56.3 Å². The standard InChI is InChI=1S/C21H27N5O/c1-17-18(16-26(23-17)19-7-3-4-8-20(19)27-2)15-24-11-13-25(14-12-24)21-9-5-6-10-22-21/h3-10,23H,11-16H2,1-2H3. The van der Waals surface area contributed by atoms with Crippen molar-refractivity contribution in [1.29, 1.82) is 0 Å². The topological polar surface area (TPSA) is 43.9 Å². The fraction of sp³-hybridized carbons (Fsp3) is 0.381. The summed E-state index contributed by atoms with van der Waals surface area (Å²) in [5.41, 5.74) is 7.26. The molecule has 0 amide bonds. The van der Waals surface area contributed by atoms with Crippen LogP contribution in [0.15, 0.2) is 59.9 Å². The summed E-state index contributed by atoms with van der Waals surface area (Å²) in [5, 5.41) is 2.17. The fourth-order valence-electron chi connectivity index (χ4n) is 3.74. The number of aromatic nitrogens is 1. The van der Waals surface area contributed by atoms with Crippen molar-refractivity contribution in [1.82, 2.24) is 15.3 Å². The summed E-state index contributed by atoms with van der Waals surface area (Å²) in [5.74, 6) is 1.97. The molecule has 1 aromatic carbocycles. The predicted molar refractivity (Wildman–Crippen MR) is 109 cm³/mol.